The number of benzene rings is 2. The third-order valence-electron chi connectivity index (χ3n) is 3.66. The van der Waals surface area contributed by atoms with E-state index in [4.69, 9.17) is 9.47 Å². The van der Waals surface area contributed by atoms with Crippen LogP contribution in [0.2, 0.25) is 0 Å². The first-order valence-corrected chi connectivity index (χ1v) is 7.97. The van der Waals surface area contributed by atoms with Gasteiger partial charge in [0, 0.05) is 17.8 Å². The van der Waals surface area contributed by atoms with Crippen LogP contribution in [-0.2, 0) is 17.8 Å². The third-order valence-corrected chi connectivity index (χ3v) is 3.66. The van der Waals surface area contributed by atoms with Gasteiger partial charge in [0.2, 0.25) is 5.91 Å². The number of methoxy groups -OCH3 is 2. The van der Waals surface area contributed by atoms with Crippen LogP contribution in [0.1, 0.15) is 18.1 Å². The summed E-state index contributed by atoms with van der Waals surface area (Å²) in [5.74, 6) is 1.18. The zero-order valence-electron chi connectivity index (χ0n) is 14.4. The highest BCUT2D eigenvalue weighted by Crippen LogP contribution is 2.28. The van der Waals surface area contributed by atoms with E-state index in [1.165, 1.54) is 0 Å². The van der Waals surface area contributed by atoms with Gasteiger partial charge in [-0.2, -0.15) is 0 Å². The molecular formula is C19H24N2O3. The molecule has 0 aliphatic heterocycles. The van der Waals surface area contributed by atoms with Gasteiger partial charge < -0.3 is 20.1 Å². The van der Waals surface area contributed by atoms with E-state index in [-0.39, 0.29) is 12.3 Å². The van der Waals surface area contributed by atoms with E-state index in [2.05, 4.69) is 17.6 Å². The fourth-order valence-electron chi connectivity index (χ4n) is 2.50. The molecule has 2 N–H and O–H groups in total. The molecule has 0 spiro atoms. The molecule has 24 heavy (non-hydrogen) atoms. The van der Waals surface area contributed by atoms with Crippen LogP contribution in [0.5, 0.6) is 11.5 Å². The van der Waals surface area contributed by atoms with Crippen LogP contribution in [0.3, 0.4) is 0 Å². The summed E-state index contributed by atoms with van der Waals surface area (Å²) in [5, 5.41) is 6.20. The van der Waals surface area contributed by atoms with Crippen molar-refractivity contribution in [3.8, 4) is 11.5 Å². The highest BCUT2D eigenvalue weighted by atomic mass is 16.5. The first-order valence-electron chi connectivity index (χ1n) is 7.97. The Morgan fingerprint density at radius 3 is 2.33 bits per heavy atom. The topological polar surface area (TPSA) is 59.6 Å². The van der Waals surface area contributed by atoms with E-state index in [1.807, 2.05) is 42.5 Å². The average Bonchev–Trinajstić information content (AvgIpc) is 2.60. The van der Waals surface area contributed by atoms with Crippen molar-refractivity contribution >= 4 is 11.6 Å². The van der Waals surface area contributed by atoms with Crippen molar-refractivity contribution in [1.82, 2.24) is 5.32 Å². The van der Waals surface area contributed by atoms with E-state index in [9.17, 15) is 4.79 Å². The second kappa shape index (κ2) is 8.93. The lowest BCUT2D eigenvalue weighted by Gasteiger charge is -2.13. The van der Waals surface area contributed by atoms with Crippen LogP contribution in [-0.4, -0.2) is 26.7 Å². The van der Waals surface area contributed by atoms with Crippen molar-refractivity contribution in [3.05, 3.63) is 53.6 Å². The number of hydrogen-bond donors (Lipinski definition) is 2. The molecule has 2 rings (SSSR count). The largest absolute Gasteiger partial charge is 0.496 e. The molecular weight excluding hydrogens is 304 g/mol. The zero-order valence-corrected chi connectivity index (χ0v) is 14.4. The monoisotopic (exact) mass is 328 g/mol. The molecule has 0 unspecified atom stereocenters. The number of hydrogen-bond acceptors (Lipinski definition) is 4. The number of anilines is 1. The number of nitrogens with one attached hydrogen (secondary N) is 2. The van der Waals surface area contributed by atoms with Crippen molar-refractivity contribution in [2.24, 2.45) is 0 Å². The Morgan fingerprint density at radius 2 is 1.71 bits per heavy atom. The third kappa shape index (κ3) is 4.73. The Morgan fingerprint density at radius 1 is 1.04 bits per heavy atom. The summed E-state index contributed by atoms with van der Waals surface area (Å²) in [4.78, 5) is 12.4. The maximum absolute atomic E-state index is 12.4. The lowest BCUT2D eigenvalue weighted by Crippen LogP contribution is -2.16. The summed E-state index contributed by atoms with van der Waals surface area (Å²) in [6.07, 6.45) is 0.185. The molecule has 0 bridgehead atoms. The van der Waals surface area contributed by atoms with Crippen LogP contribution >= 0.6 is 0 Å². The second-order valence-corrected chi connectivity index (χ2v) is 5.35. The molecule has 5 heteroatoms. The second-order valence-electron chi connectivity index (χ2n) is 5.35. The molecule has 0 saturated carbocycles. The molecule has 5 nitrogen and oxygen atoms in total. The standard InChI is InChI=1S/C19H24N2O3/c1-4-20-13-14-7-5-8-15(11-14)21-19(22)12-16-17(23-2)9-6-10-18(16)24-3/h5-11,20H,4,12-13H2,1-3H3,(H,21,22). The van der Waals surface area contributed by atoms with Gasteiger partial charge in [-0.25, -0.2) is 0 Å². The molecule has 1 amide bonds. The predicted molar refractivity (Wildman–Crippen MR) is 95.7 cm³/mol. The maximum Gasteiger partial charge on any atom is 0.229 e. The smallest absolute Gasteiger partial charge is 0.229 e. The van der Waals surface area contributed by atoms with Crippen molar-refractivity contribution in [2.75, 3.05) is 26.1 Å². The molecule has 0 heterocycles. The van der Waals surface area contributed by atoms with Crippen molar-refractivity contribution in [3.63, 3.8) is 0 Å². The normalized spacial score (nSPS) is 10.3. The first-order chi connectivity index (χ1) is 11.7. The fraction of sp³-hybridized carbons (Fsp3) is 0.316. The average molecular weight is 328 g/mol. The van der Waals surface area contributed by atoms with Gasteiger partial charge in [-0.3, -0.25) is 4.79 Å². The fourth-order valence-corrected chi connectivity index (χ4v) is 2.50. The highest BCUT2D eigenvalue weighted by Gasteiger charge is 2.14. The van der Waals surface area contributed by atoms with Crippen LogP contribution in [0.15, 0.2) is 42.5 Å². The van der Waals surface area contributed by atoms with Gasteiger partial charge in [0.05, 0.1) is 20.6 Å². The highest BCUT2D eigenvalue weighted by molar-refractivity contribution is 5.93. The van der Waals surface area contributed by atoms with Crippen molar-refractivity contribution in [2.45, 2.75) is 19.9 Å². The van der Waals surface area contributed by atoms with Gasteiger partial charge in [-0.15, -0.1) is 0 Å². The van der Waals surface area contributed by atoms with Gasteiger partial charge in [0.25, 0.3) is 0 Å². The number of ether oxygens (including phenoxy) is 2. The van der Waals surface area contributed by atoms with E-state index in [1.54, 1.807) is 14.2 Å². The minimum absolute atomic E-state index is 0.113. The van der Waals surface area contributed by atoms with E-state index >= 15 is 0 Å². The van der Waals surface area contributed by atoms with Crippen molar-refractivity contribution in [1.29, 1.82) is 0 Å². The van der Waals surface area contributed by atoms with Crippen LogP contribution in [0.4, 0.5) is 5.69 Å². The Labute approximate surface area is 143 Å². The molecule has 0 radical (unpaired) electrons. The number of carbonyl (C=O) groups is 1. The van der Waals surface area contributed by atoms with Crippen LogP contribution < -0.4 is 20.1 Å². The van der Waals surface area contributed by atoms with Crippen LogP contribution in [0, 0.1) is 0 Å². The Bertz CT molecular complexity index is 664. The number of rotatable bonds is 8. The van der Waals surface area contributed by atoms with Gasteiger partial charge in [-0.1, -0.05) is 25.1 Å². The SMILES string of the molecule is CCNCc1cccc(NC(=O)Cc2c(OC)cccc2OC)c1. The summed E-state index contributed by atoms with van der Waals surface area (Å²) < 4.78 is 10.7. The van der Waals surface area contributed by atoms with Gasteiger partial charge in [0.15, 0.2) is 0 Å². The lowest BCUT2D eigenvalue weighted by molar-refractivity contribution is -0.115. The summed E-state index contributed by atoms with van der Waals surface area (Å²) >= 11 is 0. The molecule has 0 fully saturated rings. The predicted octanol–water partition coefficient (Wildman–Crippen LogP) is 2.99. The molecule has 128 valence electrons. The van der Waals surface area contributed by atoms with Gasteiger partial charge >= 0.3 is 0 Å². The van der Waals surface area contributed by atoms with E-state index in [0.29, 0.717) is 11.5 Å². The Hall–Kier alpha value is -2.53. The minimum atomic E-state index is -0.113. The van der Waals surface area contributed by atoms with E-state index in [0.717, 1.165) is 29.9 Å². The summed E-state index contributed by atoms with van der Waals surface area (Å²) in [6, 6.07) is 13.3. The summed E-state index contributed by atoms with van der Waals surface area (Å²) in [5.41, 5.74) is 2.65. The maximum atomic E-state index is 12.4. The summed E-state index contributed by atoms with van der Waals surface area (Å²) in [7, 11) is 3.17. The number of amides is 1. The molecule has 0 atom stereocenters. The molecule has 2 aromatic rings. The molecule has 0 aromatic heterocycles. The Kier molecular flexibility index (Phi) is 6.63. The zero-order chi connectivity index (χ0) is 17.4. The summed E-state index contributed by atoms with van der Waals surface area (Å²) in [6.45, 7) is 3.75. The molecule has 0 aliphatic rings. The molecule has 2 aromatic carbocycles. The first kappa shape index (κ1) is 17.8. The minimum Gasteiger partial charge on any atom is -0.496 e. The number of carbonyl (C=O) groups excluding carboxylic acids is 1. The molecule has 0 aliphatic carbocycles. The Balaban J connectivity index is 2.09. The van der Waals surface area contributed by atoms with Crippen molar-refractivity contribution < 1.29 is 14.3 Å². The van der Waals surface area contributed by atoms with Gasteiger partial charge in [-0.05, 0) is 36.4 Å². The van der Waals surface area contributed by atoms with Gasteiger partial charge in [0.1, 0.15) is 11.5 Å². The van der Waals surface area contributed by atoms with E-state index < -0.39 is 0 Å². The molecule has 0 saturated heterocycles. The van der Waals surface area contributed by atoms with Crippen LogP contribution in [0.25, 0.3) is 0 Å². The quantitative estimate of drug-likeness (QED) is 0.782. The lowest BCUT2D eigenvalue weighted by atomic mass is 10.1.